The molecule has 1 aliphatic rings. The van der Waals surface area contributed by atoms with E-state index >= 15 is 0 Å². The minimum absolute atomic E-state index is 0.332. The molecule has 4 nitrogen and oxygen atoms in total. The van der Waals surface area contributed by atoms with Crippen LogP contribution in [0.25, 0.3) is 6.08 Å². The highest BCUT2D eigenvalue weighted by Gasteiger charge is 2.14. The molecule has 0 aliphatic heterocycles. The fraction of sp³-hybridized carbons (Fsp3) is 0.429. The van der Waals surface area contributed by atoms with Gasteiger partial charge >= 0.3 is 0 Å². The summed E-state index contributed by atoms with van der Waals surface area (Å²) in [5.41, 5.74) is 0.808. The van der Waals surface area contributed by atoms with Gasteiger partial charge in [-0.25, -0.2) is 0 Å². The molecule has 2 rings (SSSR count). The fourth-order valence-electron chi connectivity index (χ4n) is 2.18. The Balaban J connectivity index is 1.92. The number of rotatable bonds is 4. The lowest BCUT2D eigenvalue weighted by Gasteiger charge is -2.22. The van der Waals surface area contributed by atoms with Crippen LogP contribution >= 0.6 is 0 Å². The molecule has 0 unspecified atom stereocenters. The largest absolute Gasteiger partial charge is 0.490 e. The molecule has 1 aliphatic carbocycles. The van der Waals surface area contributed by atoms with Gasteiger partial charge in [-0.05, 0) is 43.4 Å². The fourth-order valence-corrected chi connectivity index (χ4v) is 2.18. The molecule has 18 heavy (non-hydrogen) atoms. The van der Waals surface area contributed by atoms with Crippen molar-refractivity contribution in [2.75, 3.05) is 0 Å². The van der Waals surface area contributed by atoms with Gasteiger partial charge in [0.05, 0.1) is 11.0 Å². The van der Waals surface area contributed by atoms with E-state index in [0.29, 0.717) is 6.10 Å². The van der Waals surface area contributed by atoms with Crippen molar-refractivity contribution in [1.29, 1.82) is 0 Å². The van der Waals surface area contributed by atoms with Gasteiger partial charge in [0.2, 0.25) is 6.20 Å². The predicted molar refractivity (Wildman–Crippen MR) is 70.0 cm³/mol. The van der Waals surface area contributed by atoms with E-state index in [1.165, 1.54) is 25.3 Å². The summed E-state index contributed by atoms with van der Waals surface area (Å²) in [7, 11) is 0. The Morgan fingerprint density at radius 3 is 2.44 bits per heavy atom. The molecule has 1 aromatic rings. The number of ether oxygens (including phenoxy) is 1. The first-order chi connectivity index (χ1) is 8.74. The molecule has 0 spiro atoms. The molecular weight excluding hydrogens is 230 g/mol. The van der Waals surface area contributed by atoms with Crippen molar-refractivity contribution in [3.05, 3.63) is 46.1 Å². The topological polar surface area (TPSA) is 52.4 Å². The number of nitrogens with zero attached hydrogens (tertiary/aromatic N) is 1. The maximum Gasteiger partial charge on any atom is 0.235 e. The second kappa shape index (κ2) is 6.19. The third kappa shape index (κ3) is 3.87. The Kier molecular flexibility index (Phi) is 4.34. The molecule has 96 valence electrons. The van der Waals surface area contributed by atoms with Crippen molar-refractivity contribution in [3.63, 3.8) is 0 Å². The van der Waals surface area contributed by atoms with Gasteiger partial charge in [-0.15, -0.1) is 0 Å². The van der Waals surface area contributed by atoms with E-state index in [2.05, 4.69) is 0 Å². The van der Waals surface area contributed by atoms with Gasteiger partial charge in [0, 0.05) is 6.08 Å². The molecule has 4 heteroatoms. The number of nitro groups is 1. The van der Waals surface area contributed by atoms with Gasteiger partial charge < -0.3 is 4.74 Å². The molecule has 1 fully saturated rings. The van der Waals surface area contributed by atoms with Crippen LogP contribution in [-0.4, -0.2) is 11.0 Å². The Bertz CT molecular complexity index is 419. The highest BCUT2D eigenvalue weighted by atomic mass is 16.6. The molecule has 0 heterocycles. The van der Waals surface area contributed by atoms with Crippen molar-refractivity contribution < 1.29 is 9.66 Å². The van der Waals surface area contributed by atoms with Crippen LogP contribution in [0.5, 0.6) is 5.75 Å². The summed E-state index contributed by atoms with van der Waals surface area (Å²) in [6.07, 6.45) is 8.81. The third-order valence-corrected chi connectivity index (χ3v) is 3.12. The third-order valence-electron chi connectivity index (χ3n) is 3.12. The van der Waals surface area contributed by atoms with E-state index in [1.54, 1.807) is 0 Å². The van der Waals surface area contributed by atoms with Crippen LogP contribution in [-0.2, 0) is 0 Å². The van der Waals surface area contributed by atoms with Gasteiger partial charge in [-0.1, -0.05) is 18.6 Å². The van der Waals surface area contributed by atoms with E-state index in [-0.39, 0.29) is 0 Å². The van der Waals surface area contributed by atoms with E-state index in [1.807, 2.05) is 24.3 Å². The van der Waals surface area contributed by atoms with E-state index < -0.39 is 4.92 Å². The minimum atomic E-state index is -0.466. The lowest BCUT2D eigenvalue weighted by molar-refractivity contribution is -0.400. The summed E-state index contributed by atoms with van der Waals surface area (Å²) < 4.78 is 5.88. The second-order valence-corrected chi connectivity index (χ2v) is 4.55. The van der Waals surface area contributed by atoms with Crippen LogP contribution < -0.4 is 4.74 Å². The van der Waals surface area contributed by atoms with E-state index in [9.17, 15) is 10.1 Å². The molecule has 0 bridgehead atoms. The lowest BCUT2D eigenvalue weighted by atomic mass is 9.98. The van der Waals surface area contributed by atoms with Gasteiger partial charge in [-0.3, -0.25) is 10.1 Å². The first-order valence-corrected chi connectivity index (χ1v) is 6.32. The summed E-state index contributed by atoms with van der Waals surface area (Å²) in [6.45, 7) is 0. The van der Waals surface area contributed by atoms with Gasteiger partial charge in [0.1, 0.15) is 5.75 Å². The Hall–Kier alpha value is -1.84. The second-order valence-electron chi connectivity index (χ2n) is 4.55. The van der Waals surface area contributed by atoms with Crippen LogP contribution in [0.4, 0.5) is 0 Å². The summed E-state index contributed by atoms with van der Waals surface area (Å²) in [5, 5.41) is 10.2. The summed E-state index contributed by atoms with van der Waals surface area (Å²) >= 11 is 0. The molecule has 0 amide bonds. The molecule has 1 aromatic carbocycles. The highest BCUT2D eigenvalue weighted by molar-refractivity contribution is 5.49. The zero-order valence-corrected chi connectivity index (χ0v) is 10.2. The quantitative estimate of drug-likeness (QED) is 0.602. The zero-order chi connectivity index (χ0) is 12.8. The lowest BCUT2D eigenvalue weighted by Crippen LogP contribution is -2.19. The molecule has 0 N–H and O–H groups in total. The van der Waals surface area contributed by atoms with Crippen LogP contribution in [0.2, 0.25) is 0 Å². The van der Waals surface area contributed by atoms with Crippen LogP contribution in [0.15, 0.2) is 30.5 Å². The summed E-state index contributed by atoms with van der Waals surface area (Å²) in [5.74, 6) is 0.847. The Morgan fingerprint density at radius 2 is 1.83 bits per heavy atom. The minimum Gasteiger partial charge on any atom is -0.490 e. The Labute approximate surface area is 106 Å². The van der Waals surface area contributed by atoms with Crippen LogP contribution in [0, 0.1) is 10.1 Å². The van der Waals surface area contributed by atoms with Gasteiger partial charge in [0.15, 0.2) is 0 Å². The molecule has 1 saturated carbocycles. The standard InChI is InChI=1S/C14H17NO3/c16-15(17)11-10-12-6-8-14(9-7-12)18-13-4-2-1-3-5-13/h6-11,13H,1-5H2. The number of hydrogen-bond acceptors (Lipinski definition) is 3. The van der Waals surface area contributed by atoms with Gasteiger partial charge in [-0.2, -0.15) is 0 Å². The van der Waals surface area contributed by atoms with Crippen molar-refractivity contribution in [1.82, 2.24) is 0 Å². The highest BCUT2D eigenvalue weighted by Crippen LogP contribution is 2.23. The van der Waals surface area contributed by atoms with E-state index in [0.717, 1.165) is 30.4 Å². The zero-order valence-electron chi connectivity index (χ0n) is 10.2. The van der Waals surface area contributed by atoms with Crippen LogP contribution in [0.3, 0.4) is 0 Å². The first-order valence-electron chi connectivity index (χ1n) is 6.32. The normalized spacial score (nSPS) is 16.9. The van der Waals surface area contributed by atoms with Crippen molar-refractivity contribution in [2.24, 2.45) is 0 Å². The molecular formula is C14H17NO3. The van der Waals surface area contributed by atoms with Crippen molar-refractivity contribution >= 4 is 6.08 Å². The maximum atomic E-state index is 10.2. The van der Waals surface area contributed by atoms with Gasteiger partial charge in [0.25, 0.3) is 0 Å². The average molecular weight is 247 g/mol. The number of hydrogen-bond donors (Lipinski definition) is 0. The Morgan fingerprint density at radius 1 is 1.17 bits per heavy atom. The average Bonchev–Trinajstić information content (AvgIpc) is 2.39. The molecule has 0 saturated heterocycles. The van der Waals surface area contributed by atoms with E-state index in [4.69, 9.17) is 4.74 Å². The molecule has 0 radical (unpaired) electrons. The summed E-state index contributed by atoms with van der Waals surface area (Å²) in [4.78, 5) is 9.73. The smallest absolute Gasteiger partial charge is 0.235 e. The monoisotopic (exact) mass is 247 g/mol. The van der Waals surface area contributed by atoms with Crippen molar-refractivity contribution in [3.8, 4) is 5.75 Å². The maximum absolute atomic E-state index is 10.2. The van der Waals surface area contributed by atoms with Crippen LogP contribution in [0.1, 0.15) is 37.7 Å². The molecule has 0 atom stereocenters. The number of benzene rings is 1. The predicted octanol–water partition coefficient (Wildman–Crippen LogP) is 3.65. The summed E-state index contributed by atoms with van der Waals surface area (Å²) in [6, 6.07) is 7.40. The SMILES string of the molecule is O=[N+]([O-])C=Cc1ccc(OC2CCCCC2)cc1. The first kappa shape index (κ1) is 12.6. The molecule has 0 aromatic heterocycles. The van der Waals surface area contributed by atoms with Crippen molar-refractivity contribution in [2.45, 2.75) is 38.2 Å².